The van der Waals surface area contributed by atoms with Gasteiger partial charge in [0.1, 0.15) is 0 Å². The van der Waals surface area contributed by atoms with E-state index in [-0.39, 0.29) is 18.2 Å². The highest BCUT2D eigenvalue weighted by Crippen LogP contribution is 2.37. The number of nitrogens with one attached hydrogen (secondary N) is 2. The molecular formula is C26H28ClF6N3O. The molecule has 2 atom stereocenters. The van der Waals surface area contributed by atoms with E-state index in [1.54, 1.807) is 0 Å². The lowest BCUT2D eigenvalue weighted by atomic mass is 9.89. The number of carbonyl (C=O) groups is 1. The predicted molar refractivity (Wildman–Crippen MR) is 129 cm³/mol. The second kappa shape index (κ2) is 11.1. The number of hydrogen-bond donors (Lipinski definition) is 2. The van der Waals surface area contributed by atoms with Crippen molar-refractivity contribution < 1.29 is 31.1 Å². The molecular weight excluding hydrogens is 520 g/mol. The quantitative estimate of drug-likeness (QED) is 0.384. The van der Waals surface area contributed by atoms with Crippen LogP contribution < -0.4 is 10.6 Å². The molecule has 2 fully saturated rings. The number of benzene rings is 2. The zero-order valence-corrected chi connectivity index (χ0v) is 20.7. The van der Waals surface area contributed by atoms with Crippen LogP contribution in [0.15, 0.2) is 42.5 Å². The molecule has 1 saturated carbocycles. The molecule has 4 nitrogen and oxygen atoms in total. The van der Waals surface area contributed by atoms with E-state index < -0.39 is 35.2 Å². The predicted octanol–water partition coefficient (Wildman–Crippen LogP) is 7.37. The van der Waals surface area contributed by atoms with Crippen molar-refractivity contribution in [1.82, 2.24) is 10.2 Å². The Balaban J connectivity index is 1.34. The molecule has 2 unspecified atom stereocenters. The van der Waals surface area contributed by atoms with E-state index >= 15 is 0 Å². The lowest BCUT2D eigenvalue weighted by Gasteiger charge is -2.38. The molecule has 1 aliphatic heterocycles. The van der Waals surface area contributed by atoms with E-state index in [1.807, 2.05) is 24.3 Å². The fourth-order valence-corrected chi connectivity index (χ4v) is 5.48. The Morgan fingerprint density at radius 1 is 0.892 bits per heavy atom. The molecule has 2 aromatic rings. The summed E-state index contributed by atoms with van der Waals surface area (Å²) in [6.07, 6.45) is -4.55. The summed E-state index contributed by atoms with van der Waals surface area (Å²) < 4.78 is 78.7. The van der Waals surface area contributed by atoms with E-state index in [1.165, 1.54) is 5.56 Å². The number of nitrogens with zero attached hydrogens (tertiary/aromatic N) is 1. The first kappa shape index (κ1) is 27.6. The Morgan fingerprint density at radius 2 is 1.49 bits per heavy atom. The number of alkyl halides is 6. The number of rotatable bonds is 5. The van der Waals surface area contributed by atoms with Gasteiger partial charge in [0.25, 0.3) is 0 Å². The van der Waals surface area contributed by atoms with Gasteiger partial charge in [-0.3, -0.25) is 4.90 Å². The summed E-state index contributed by atoms with van der Waals surface area (Å²) >= 11 is 5.96. The SMILES string of the molecule is O=C(Nc1cc(C(F)(F)F)cc(C(F)(F)F)c1)NC1CCCC1N1CCC(Cc2ccc(Cl)cc2)CC1. The number of carbonyl (C=O) groups excluding carboxylic acids is 1. The van der Waals surface area contributed by atoms with Gasteiger partial charge in [-0.2, -0.15) is 26.3 Å². The van der Waals surface area contributed by atoms with Gasteiger partial charge in [-0.05, 0) is 93.4 Å². The third kappa shape index (κ3) is 7.31. The Kier molecular flexibility index (Phi) is 8.28. The summed E-state index contributed by atoms with van der Waals surface area (Å²) in [7, 11) is 0. The molecule has 1 heterocycles. The van der Waals surface area contributed by atoms with Crippen LogP contribution in [0, 0.1) is 5.92 Å². The normalized spacial score (nSPS) is 21.7. The van der Waals surface area contributed by atoms with E-state index in [4.69, 9.17) is 11.6 Å². The number of likely N-dealkylation sites (tertiary alicyclic amines) is 1. The van der Waals surface area contributed by atoms with Gasteiger partial charge < -0.3 is 10.6 Å². The van der Waals surface area contributed by atoms with Crippen LogP contribution in [0.3, 0.4) is 0 Å². The Labute approximate surface area is 216 Å². The highest BCUT2D eigenvalue weighted by Gasteiger charge is 2.38. The highest BCUT2D eigenvalue weighted by molar-refractivity contribution is 6.30. The summed E-state index contributed by atoms with van der Waals surface area (Å²) in [5.41, 5.74) is -2.27. The van der Waals surface area contributed by atoms with Crippen molar-refractivity contribution in [3.8, 4) is 0 Å². The number of halogens is 7. The van der Waals surface area contributed by atoms with Crippen molar-refractivity contribution in [1.29, 1.82) is 0 Å². The van der Waals surface area contributed by atoms with Crippen LogP contribution in [0.4, 0.5) is 36.8 Å². The minimum atomic E-state index is -4.98. The second-order valence-electron chi connectivity index (χ2n) is 9.81. The molecule has 11 heteroatoms. The standard InChI is InChI=1S/C26H28ClF6N3O/c27-20-6-4-16(5-7-20)12-17-8-10-36(11-9-17)23-3-1-2-22(23)35-24(37)34-21-14-18(25(28,29)30)13-19(15-21)26(31,32)33/h4-7,13-15,17,22-23H,1-3,8-12H2,(H2,34,35,37). The van der Waals surface area contributed by atoms with Crippen LogP contribution in [-0.4, -0.2) is 36.1 Å². The molecule has 2 aromatic carbocycles. The average Bonchev–Trinajstić information content (AvgIpc) is 3.27. The molecule has 0 spiro atoms. The molecule has 202 valence electrons. The molecule has 4 rings (SSSR count). The molecule has 1 aliphatic carbocycles. The van der Waals surface area contributed by atoms with Crippen LogP contribution >= 0.6 is 11.6 Å². The average molecular weight is 548 g/mol. The van der Waals surface area contributed by atoms with Crippen molar-refractivity contribution in [3.63, 3.8) is 0 Å². The Hall–Kier alpha value is -2.46. The van der Waals surface area contributed by atoms with Crippen molar-refractivity contribution in [2.75, 3.05) is 18.4 Å². The number of anilines is 1. The lowest BCUT2D eigenvalue weighted by Crippen LogP contribution is -2.52. The Morgan fingerprint density at radius 3 is 2.05 bits per heavy atom. The van der Waals surface area contributed by atoms with Crippen LogP contribution in [0.5, 0.6) is 0 Å². The summed E-state index contributed by atoms with van der Waals surface area (Å²) in [6.45, 7) is 1.73. The molecule has 0 radical (unpaired) electrons. The maximum Gasteiger partial charge on any atom is 0.416 e. The summed E-state index contributed by atoms with van der Waals surface area (Å²) in [5, 5.41) is 5.66. The first-order chi connectivity index (χ1) is 17.4. The monoisotopic (exact) mass is 547 g/mol. The molecule has 0 aromatic heterocycles. The lowest BCUT2D eigenvalue weighted by molar-refractivity contribution is -0.143. The summed E-state index contributed by atoms with van der Waals surface area (Å²) in [4.78, 5) is 14.9. The van der Waals surface area contributed by atoms with Crippen LogP contribution in [-0.2, 0) is 18.8 Å². The van der Waals surface area contributed by atoms with Gasteiger partial charge in [0.15, 0.2) is 0 Å². The topological polar surface area (TPSA) is 44.4 Å². The van der Waals surface area contributed by atoms with Crippen LogP contribution in [0.25, 0.3) is 0 Å². The van der Waals surface area contributed by atoms with Gasteiger partial charge in [0, 0.05) is 22.8 Å². The summed E-state index contributed by atoms with van der Waals surface area (Å²) in [5.74, 6) is 0.539. The third-order valence-corrected chi connectivity index (χ3v) is 7.45. The van der Waals surface area contributed by atoms with Crippen molar-refractivity contribution >= 4 is 23.3 Å². The van der Waals surface area contributed by atoms with Crippen molar-refractivity contribution in [3.05, 3.63) is 64.2 Å². The Bertz CT molecular complexity index is 1050. The zero-order valence-electron chi connectivity index (χ0n) is 19.9. The molecule has 1 saturated heterocycles. The second-order valence-corrected chi connectivity index (χ2v) is 10.2. The number of urea groups is 1. The van der Waals surface area contributed by atoms with Crippen molar-refractivity contribution in [2.45, 2.75) is 63.0 Å². The van der Waals surface area contributed by atoms with Crippen LogP contribution in [0.1, 0.15) is 48.8 Å². The van der Waals surface area contributed by atoms with Gasteiger partial charge in [-0.15, -0.1) is 0 Å². The molecule has 2 aliphatic rings. The zero-order chi connectivity index (χ0) is 26.8. The first-order valence-corrected chi connectivity index (χ1v) is 12.6. The minimum absolute atomic E-state index is 0.0344. The number of hydrogen-bond acceptors (Lipinski definition) is 2. The van der Waals surface area contributed by atoms with Gasteiger partial charge in [-0.25, -0.2) is 4.79 Å². The van der Waals surface area contributed by atoms with Crippen LogP contribution in [0.2, 0.25) is 5.02 Å². The first-order valence-electron chi connectivity index (χ1n) is 12.2. The molecule has 0 bridgehead atoms. The summed E-state index contributed by atoms with van der Waals surface area (Å²) in [6, 6.07) is 7.91. The maximum absolute atomic E-state index is 13.1. The van der Waals surface area contributed by atoms with Gasteiger partial charge in [0.2, 0.25) is 0 Å². The number of piperidine rings is 1. The number of amides is 2. The van der Waals surface area contributed by atoms with Gasteiger partial charge >= 0.3 is 18.4 Å². The van der Waals surface area contributed by atoms with E-state index in [0.29, 0.717) is 29.5 Å². The highest BCUT2D eigenvalue weighted by atomic mass is 35.5. The fourth-order valence-electron chi connectivity index (χ4n) is 5.35. The van der Waals surface area contributed by atoms with E-state index in [9.17, 15) is 31.1 Å². The van der Waals surface area contributed by atoms with Gasteiger partial charge in [-0.1, -0.05) is 23.7 Å². The van der Waals surface area contributed by atoms with E-state index in [2.05, 4.69) is 15.5 Å². The largest absolute Gasteiger partial charge is 0.416 e. The molecule has 2 amide bonds. The molecule has 37 heavy (non-hydrogen) atoms. The fraction of sp³-hybridized carbons (Fsp3) is 0.500. The van der Waals surface area contributed by atoms with Crippen molar-refractivity contribution in [2.24, 2.45) is 5.92 Å². The minimum Gasteiger partial charge on any atom is -0.334 e. The smallest absolute Gasteiger partial charge is 0.334 e. The molecule has 2 N–H and O–H groups in total. The third-order valence-electron chi connectivity index (χ3n) is 7.20. The van der Waals surface area contributed by atoms with Gasteiger partial charge in [0.05, 0.1) is 11.1 Å². The maximum atomic E-state index is 13.1. The van der Waals surface area contributed by atoms with E-state index in [0.717, 1.165) is 45.2 Å².